The average Bonchev–Trinajstić information content (AvgIpc) is 3.37. The minimum absolute atomic E-state index is 0.0627. The summed E-state index contributed by atoms with van der Waals surface area (Å²) >= 11 is 0. The van der Waals surface area contributed by atoms with Gasteiger partial charge >= 0.3 is 0 Å². The van der Waals surface area contributed by atoms with Crippen molar-refractivity contribution < 1.29 is 4.74 Å². The maximum atomic E-state index is 9.44. The molecule has 130 valence electrons. The summed E-state index contributed by atoms with van der Waals surface area (Å²) in [4.78, 5) is 4.71. The smallest absolute Gasteiger partial charge is 0.144 e. The molecule has 0 amide bonds. The minimum atomic E-state index is 0.0627. The summed E-state index contributed by atoms with van der Waals surface area (Å²) in [5.74, 6) is 1.08. The molecule has 2 aliphatic rings. The first-order valence-corrected chi connectivity index (χ1v) is 9.09. The summed E-state index contributed by atoms with van der Waals surface area (Å²) in [5, 5.41) is 17.2. The van der Waals surface area contributed by atoms with Crippen molar-refractivity contribution in [2.45, 2.75) is 45.3 Å². The Morgan fingerprint density at radius 1 is 1.44 bits per heavy atom. The largest absolute Gasteiger partial charge is 0.373 e. The molecule has 1 aliphatic carbocycles. The molecule has 1 saturated heterocycles. The van der Waals surface area contributed by atoms with E-state index in [4.69, 9.17) is 9.72 Å². The molecule has 0 aromatic carbocycles. The Morgan fingerprint density at radius 3 is 3.16 bits per heavy atom. The first kappa shape index (κ1) is 16.1. The summed E-state index contributed by atoms with van der Waals surface area (Å²) in [7, 11) is 0. The lowest BCUT2D eigenvalue weighted by Gasteiger charge is -2.19. The predicted octanol–water partition coefficient (Wildman–Crippen LogP) is 2.85. The molecular weight excluding hydrogens is 314 g/mol. The molecule has 1 aliphatic heterocycles. The number of aromatic nitrogens is 3. The molecule has 6 nitrogen and oxygen atoms in total. The van der Waals surface area contributed by atoms with Crippen LogP contribution in [0.25, 0.3) is 0 Å². The minimum Gasteiger partial charge on any atom is -0.373 e. The van der Waals surface area contributed by atoms with Crippen LogP contribution in [0.3, 0.4) is 0 Å². The Labute approximate surface area is 147 Å². The van der Waals surface area contributed by atoms with Gasteiger partial charge < -0.3 is 10.1 Å². The number of rotatable bonds is 5. The van der Waals surface area contributed by atoms with Crippen molar-refractivity contribution in [3.05, 3.63) is 40.8 Å². The zero-order chi connectivity index (χ0) is 17.2. The fraction of sp³-hybridized carbons (Fsp3) is 0.526. The number of pyridine rings is 1. The highest BCUT2D eigenvalue weighted by Gasteiger charge is 2.31. The Hall–Kier alpha value is -2.39. The summed E-state index contributed by atoms with van der Waals surface area (Å²) in [6, 6.07) is 4.29. The molecule has 2 atom stereocenters. The van der Waals surface area contributed by atoms with Crippen LogP contribution in [0, 0.1) is 17.2 Å². The van der Waals surface area contributed by atoms with Crippen LogP contribution in [0.5, 0.6) is 0 Å². The number of nitriles is 1. The number of anilines is 1. The van der Waals surface area contributed by atoms with E-state index < -0.39 is 0 Å². The van der Waals surface area contributed by atoms with E-state index in [2.05, 4.69) is 29.6 Å². The van der Waals surface area contributed by atoms with Gasteiger partial charge in [-0.05, 0) is 44.2 Å². The van der Waals surface area contributed by atoms with Crippen LogP contribution in [-0.4, -0.2) is 27.9 Å². The number of hydrogen-bond acceptors (Lipinski definition) is 5. The first-order chi connectivity index (χ1) is 12.3. The van der Waals surface area contributed by atoms with Gasteiger partial charge in [0.15, 0.2) is 0 Å². The maximum absolute atomic E-state index is 9.44. The van der Waals surface area contributed by atoms with E-state index in [-0.39, 0.29) is 6.10 Å². The standard InChI is InChI=1S/C19H23N5O/c1-2-24-12-16(11-22-24)18-14(6-7-25-18)10-21-19-15(9-20)8-13-4-3-5-17(13)23-19/h8,11-12,14,18H,2-7,10H2,1H3,(H,21,23)/t14-,18+/m0/s1. The summed E-state index contributed by atoms with van der Waals surface area (Å²) < 4.78 is 7.88. The van der Waals surface area contributed by atoms with Crippen molar-refractivity contribution >= 4 is 5.82 Å². The van der Waals surface area contributed by atoms with Gasteiger partial charge in [0.25, 0.3) is 0 Å². The third kappa shape index (κ3) is 3.12. The lowest BCUT2D eigenvalue weighted by molar-refractivity contribution is 0.0932. The SMILES string of the molecule is CCn1cc([C@@H]2OCC[C@H]2CNc2nc3c(cc2C#N)CCC3)cn1. The van der Waals surface area contributed by atoms with Crippen molar-refractivity contribution in [2.75, 3.05) is 18.5 Å². The third-order valence-corrected chi connectivity index (χ3v) is 5.22. The van der Waals surface area contributed by atoms with Gasteiger partial charge in [0.2, 0.25) is 0 Å². The molecule has 1 N–H and O–H groups in total. The van der Waals surface area contributed by atoms with Crippen LogP contribution >= 0.6 is 0 Å². The molecule has 2 aromatic rings. The second-order valence-corrected chi connectivity index (χ2v) is 6.81. The number of fused-ring (bicyclic) bond motifs is 1. The molecule has 0 unspecified atom stereocenters. The van der Waals surface area contributed by atoms with Crippen LogP contribution in [0.2, 0.25) is 0 Å². The molecule has 2 aromatic heterocycles. The van der Waals surface area contributed by atoms with E-state index in [1.54, 1.807) is 0 Å². The van der Waals surface area contributed by atoms with Crippen LogP contribution in [-0.2, 0) is 24.1 Å². The Bertz CT molecular complexity index is 807. The van der Waals surface area contributed by atoms with Crippen molar-refractivity contribution in [1.82, 2.24) is 14.8 Å². The molecule has 6 heteroatoms. The zero-order valence-corrected chi connectivity index (χ0v) is 14.5. The highest BCUT2D eigenvalue weighted by atomic mass is 16.5. The van der Waals surface area contributed by atoms with Crippen LogP contribution in [0.4, 0.5) is 5.82 Å². The Balaban J connectivity index is 1.48. The molecule has 4 rings (SSSR count). The Morgan fingerprint density at radius 2 is 2.36 bits per heavy atom. The highest BCUT2D eigenvalue weighted by molar-refractivity contribution is 5.55. The number of ether oxygens (including phenoxy) is 1. The van der Waals surface area contributed by atoms with Gasteiger partial charge in [0.1, 0.15) is 11.9 Å². The molecule has 0 bridgehead atoms. The monoisotopic (exact) mass is 337 g/mol. The van der Waals surface area contributed by atoms with E-state index in [0.29, 0.717) is 11.5 Å². The van der Waals surface area contributed by atoms with Gasteiger partial charge in [-0.15, -0.1) is 0 Å². The molecule has 0 spiro atoms. The molecule has 1 fully saturated rings. The molecule has 0 radical (unpaired) electrons. The number of aryl methyl sites for hydroxylation is 3. The summed E-state index contributed by atoms with van der Waals surface area (Å²) in [5.41, 5.74) is 4.16. The molecule has 25 heavy (non-hydrogen) atoms. The van der Waals surface area contributed by atoms with E-state index in [1.807, 2.05) is 16.9 Å². The van der Waals surface area contributed by atoms with Crippen LogP contribution < -0.4 is 5.32 Å². The number of nitrogens with one attached hydrogen (secondary N) is 1. The van der Waals surface area contributed by atoms with E-state index in [1.165, 1.54) is 5.56 Å². The first-order valence-electron chi connectivity index (χ1n) is 9.09. The average molecular weight is 337 g/mol. The van der Waals surface area contributed by atoms with Crippen molar-refractivity contribution in [1.29, 1.82) is 5.26 Å². The fourth-order valence-electron chi connectivity index (χ4n) is 3.83. The lowest BCUT2D eigenvalue weighted by atomic mass is 9.97. The van der Waals surface area contributed by atoms with Gasteiger partial charge in [0.05, 0.1) is 17.9 Å². The van der Waals surface area contributed by atoms with E-state index >= 15 is 0 Å². The highest BCUT2D eigenvalue weighted by Crippen LogP contribution is 2.35. The second kappa shape index (κ2) is 6.85. The van der Waals surface area contributed by atoms with Crippen LogP contribution in [0.15, 0.2) is 18.5 Å². The van der Waals surface area contributed by atoms with Crippen molar-refractivity contribution in [3.63, 3.8) is 0 Å². The zero-order valence-electron chi connectivity index (χ0n) is 14.5. The fourth-order valence-corrected chi connectivity index (χ4v) is 3.83. The Kier molecular flexibility index (Phi) is 4.41. The van der Waals surface area contributed by atoms with Crippen molar-refractivity contribution in [3.8, 4) is 6.07 Å². The summed E-state index contributed by atoms with van der Waals surface area (Å²) in [6.45, 7) is 4.45. The normalized spacial score (nSPS) is 21.9. The molecule has 0 saturated carbocycles. The van der Waals surface area contributed by atoms with E-state index in [9.17, 15) is 5.26 Å². The van der Waals surface area contributed by atoms with Gasteiger partial charge in [0, 0.05) is 43.1 Å². The van der Waals surface area contributed by atoms with Gasteiger partial charge in [-0.2, -0.15) is 10.4 Å². The van der Waals surface area contributed by atoms with Gasteiger partial charge in [-0.3, -0.25) is 4.68 Å². The number of hydrogen-bond donors (Lipinski definition) is 1. The third-order valence-electron chi connectivity index (χ3n) is 5.22. The predicted molar refractivity (Wildman–Crippen MR) is 94.2 cm³/mol. The number of nitrogens with zero attached hydrogens (tertiary/aromatic N) is 4. The maximum Gasteiger partial charge on any atom is 0.144 e. The van der Waals surface area contributed by atoms with Gasteiger partial charge in [-0.1, -0.05) is 0 Å². The van der Waals surface area contributed by atoms with Gasteiger partial charge in [-0.25, -0.2) is 4.98 Å². The molecular formula is C19H23N5O. The van der Waals surface area contributed by atoms with E-state index in [0.717, 1.165) is 62.5 Å². The molecule has 3 heterocycles. The lowest BCUT2D eigenvalue weighted by Crippen LogP contribution is -2.19. The summed E-state index contributed by atoms with van der Waals surface area (Å²) in [6.07, 6.45) is 8.22. The van der Waals surface area contributed by atoms with Crippen molar-refractivity contribution in [2.24, 2.45) is 5.92 Å². The quantitative estimate of drug-likeness (QED) is 0.908. The second-order valence-electron chi connectivity index (χ2n) is 6.81. The van der Waals surface area contributed by atoms with Crippen LogP contribution in [0.1, 0.15) is 48.3 Å². The topological polar surface area (TPSA) is 75.8 Å².